The topological polar surface area (TPSA) is 72.2 Å². The van der Waals surface area contributed by atoms with Gasteiger partial charge in [0.15, 0.2) is 0 Å². The number of hydrogen-bond donors (Lipinski definition) is 1. The normalized spacial score (nSPS) is 12.8. The molecule has 0 aliphatic rings. The van der Waals surface area contributed by atoms with Gasteiger partial charge in [0.1, 0.15) is 0 Å². The molecule has 0 aromatic rings. The van der Waals surface area contributed by atoms with Crippen LogP contribution in [-0.4, -0.2) is 56.5 Å². The largest absolute Gasteiger partial charge is 0.493 e. The van der Waals surface area contributed by atoms with Gasteiger partial charge in [-0.25, -0.2) is 0 Å². The molecule has 0 aromatic heterocycles. The minimum absolute atomic E-state index is 0.522. The Balaban J connectivity index is 5.39. The van der Waals surface area contributed by atoms with Crippen LogP contribution in [0.2, 0.25) is 12.1 Å². The highest BCUT2D eigenvalue weighted by Gasteiger charge is 2.52. The minimum Gasteiger partial charge on any atom is -0.374 e. The van der Waals surface area contributed by atoms with Gasteiger partial charge in [-0.1, -0.05) is 0 Å². The van der Waals surface area contributed by atoms with Gasteiger partial charge in [-0.05, 0) is 47.1 Å². The van der Waals surface area contributed by atoms with Crippen molar-refractivity contribution in [1.29, 1.82) is 0 Å². The molecule has 0 saturated heterocycles. The van der Waals surface area contributed by atoms with E-state index < -0.39 is 17.6 Å². The third-order valence-corrected chi connectivity index (χ3v) is 10.7. The summed E-state index contributed by atoms with van der Waals surface area (Å²) < 4.78 is 30.4. The van der Waals surface area contributed by atoms with Gasteiger partial charge in [0.05, 0.1) is 0 Å². The van der Waals surface area contributed by atoms with Gasteiger partial charge in [-0.3, -0.25) is 0 Å². The Morgan fingerprint density at radius 3 is 1.43 bits per heavy atom. The van der Waals surface area contributed by atoms with Crippen LogP contribution in [0.5, 0.6) is 0 Å². The zero-order valence-electron chi connectivity index (χ0n) is 15.1. The van der Waals surface area contributed by atoms with E-state index >= 15 is 0 Å². The maximum atomic E-state index is 6.47. The van der Waals surface area contributed by atoms with E-state index in [1.54, 1.807) is 0 Å². The highest BCUT2D eigenvalue weighted by molar-refractivity contribution is 6.75. The van der Waals surface area contributed by atoms with Crippen molar-refractivity contribution in [3.63, 3.8) is 0 Å². The van der Waals surface area contributed by atoms with Crippen molar-refractivity contribution < 1.29 is 21.8 Å². The van der Waals surface area contributed by atoms with Gasteiger partial charge < -0.3 is 27.6 Å². The summed E-state index contributed by atoms with van der Waals surface area (Å²) in [7, 11) is -5.78. The quantitative estimate of drug-likeness (QED) is 0.324. The highest BCUT2D eigenvalue weighted by Crippen LogP contribution is 2.28. The molecule has 2 N–H and O–H groups in total. The van der Waals surface area contributed by atoms with Crippen LogP contribution in [0.25, 0.3) is 0 Å². The van der Waals surface area contributed by atoms with Crippen LogP contribution in [0.15, 0.2) is 0 Å². The Hall–Kier alpha value is 0.484. The fourth-order valence-electron chi connectivity index (χ4n) is 2.31. The van der Waals surface area contributed by atoms with Crippen LogP contribution in [0.3, 0.4) is 0 Å². The fraction of sp³-hybridized carbons (Fsp3) is 1.00. The summed E-state index contributed by atoms with van der Waals surface area (Å²) in [5.74, 6) is 0.541. The van der Waals surface area contributed by atoms with E-state index in [9.17, 15) is 0 Å². The summed E-state index contributed by atoms with van der Waals surface area (Å²) in [4.78, 5) is 0. The molecule has 0 heterocycles. The van der Waals surface area contributed by atoms with Crippen molar-refractivity contribution in [2.75, 3.05) is 38.9 Å². The first kappa shape index (κ1) is 23.5. The molecule has 23 heavy (non-hydrogen) atoms. The third kappa shape index (κ3) is 8.94. The summed E-state index contributed by atoms with van der Waals surface area (Å²) in [5.41, 5.74) is 5.68. The monoisotopic (exact) mass is 387 g/mol. The zero-order chi connectivity index (χ0) is 17.6. The Bertz CT molecular complexity index is 252. The molecule has 6 nitrogen and oxygen atoms in total. The Morgan fingerprint density at radius 1 is 0.739 bits per heavy atom. The van der Waals surface area contributed by atoms with Crippen LogP contribution < -0.4 is 5.73 Å². The lowest BCUT2D eigenvalue weighted by Crippen LogP contribution is -2.59. The lowest BCUT2D eigenvalue weighted by Gasteiger charge is -2.38. The van der Waals surface area contributed by atoms with Crippen LogP contribution in [0, 0.1) is 0 Å². The van der Waals surface area contributed by atoms with E-state index in [-0.39, 0.29) is 0 Å². The highest BCUT2D eigenvalue weighted by atomic mass is 35.5. The van der Waals surface area contributed by atoms with Gasteiger partial charge in [0.2, 0.25) is 0 Å². The molecule has 0 radical (unpaired) electrons. The SMILES string of the molecule is CCO[Si](CCCN)(OCC)O[Si](CCCCl)(OCC)OCC. The van der Waals surface area contributed by atoms with Gasteiger partial charge in [0.25, 0.3) is 0 Å². The number of rotatable bonds is 16. The standard InChI is InChI=1S/C14H34ClNO5Si2/c1-5-17-22(18-6-2,13-9-11-15)21-23(19-7-3,20-8-4)14-10-12-16/h5-14,16H2,1-4H3. The predicted molar refractivity (Wildman–Crippen MR) is 97.7 cm³/mol. The first-order valence-corrected chi connectivity index (χ1v) is 13.0. The number of hydrogen-bond acceptors (Lipinski definition) is 6. The molecule has 140 valence electrons. The zero-order valence-corrected chi connectivity index (χ0v) is 17.8. The summed E-state index contributed by atoms with van der Waals surface area (Å²) in [5, 5.41) is 0. The molecule has 0 rings (SSSR count). The first-order chi connectivity index (χ1) is 11.1. The molecule has 0 spiro atoms. The van der Waals surface area contributed by atoms with Gasteiger partial charge >= 0.3 is 17.6 Å². The van der Waals surface area contributed by atoms with Gasteiger partial charge in [0, 0.05) is 44.4 Å². The van der Waals surface area contributed by atoms with E-state index in [1.165, 1.54) is 0 Å². The number of halogens is 1. The van der Waals surface area contributed by atoms with E-state index in [0.29, 0.717) is 50.9 Å². The summed E-state index contributed by atoms with van der Waals surface area (Å²) in [6.45, 7) is 10.4. The van der Waals surface area contributed by atoms with E-state index in [4.69, 9.17) is 39.2 Å². The van der Waals surface area contributed by atoms with Crippen LogP contribution in [0.1, 0.15) is 40.5 Å². The first-order valence-electron chi connectivity index (χ1n) is 8.59. The third-order valence-electron chi connectivity index (χ3n) is 3.07. The molecule has 0 unspecified atom stereocenters. The molecule has 0 aliphatic carbocycles. The van der Waals surface area contributed by atoms with E-state index in [0.717, 1.165) is 12.8 Å². The predicted octanol–water partition coefficient (Wildman–Crippen LogP) is 3.00. The van der Waals surface area contributed by atoms with Crippen molar-refractivity contribution in [1.82, 2.24) is 0 Å². The molecule has 0 aliphatic heterocycles. The average molecular weight is 388 g/mol. The summed E-state index contributed by atoms with van der Waals surface area (Å²) in [6, 6.07) is 1.33. The van der Waals surface area contributed by atoms with Gasteiger partial charge in [-0.2, -0.15) is 0 Å². The molecule has 9 heteroatoms. The summed E-state index contributed by atoms with van der Waals surface area (Å²) in [6.07, 6.45) is 1.55. The molecule has 0 atom stereocenters. The van der Waals surface area contributed by atoms with Crippen molar-refractivity contribution in [3.05, 3.63) is 0 Å². The lowest BCUT2D eigenvalue weighted by atomic mass is 10.5. The van der Waals surface area contributed by atoms with Gasteiger partial charge in [-0.15, -0.1) is 11.6 Å². The molecule has 0 aromatic carbocycles. The molecule has 0 fully saturated rings. The second-order valence-electron chi connectivity index (χ2n) is 4.88. The maximum absolute atomic E-state index is 6.47. The second kappa shape index (κ2) is 13.7. The molecule has 0 amide bonds. The summed E-state index contributed by atoms with van der Waals surface area (Å²) >= 11 is 5.87. The van der Waals surface area contributed by atoms with Crippen LogP contribution >= 0.6 is 11.6 Å². The molecular weight excluding hydrogens is 354 g/mol. The average Bonchev–Trinajstić information content (AvgIpc) is 2.52. The number of nitrogens with two attached hydrogens (primary N) is 1. The Morgan fingerprint density at radius 2 is 1.13 bits per heavy atom. The molecule has 0 saturated carbocycles. The van der Waals surface area contributed by atoms with Crippen LogP contribution in [0.4, 0.5) is 0 Å². The Labute approximate surface area is 148 Å². The Kier molecular flexibility index (Phi) is 14.0. The molecular formula is C14H34ClNO5Si2. The smallest absolute Gasteiger partial charge is 0.374 e. The van der Waals surface area contributed by atoms with E-state index in [1.807, 2.05) is 27.7 Å². The minimum atomic E-state index is -2.89. The van der Waals surface area contributed by atoms with E-state index in [2.05, 4.69) is 0 Å². The second-order valence-corrected chi connectivity index (χ2v) is 11.0. The maximum Gasteiger partial charge on any atom is 0.493 e. The lowest BCUT2D eigenvalue weighted by molar-refractivity contribution is 0.0492. The fourth-order valence-corrected chi connectivity index (χ4v) is 10.1. The van der Waals surface area contributed by atoms with Crippen molar-refractivity contribution >= 4 is 29.2 Å². The number of alkyl halides is 1. The van der Waals surface area contributed by atoms with Crippen molar-refractivity contribution in [2.24, 2.45) is 5.73 Å². The molecule has 0 bridgehead atoms. The van der Waals surface area contributed by atoms with Crippen molar-refractivity contribution in [3.8, 4) is 0 Å². The van der Waals surface area contributed by atoms with Crippen LogP contribution in [-0.2, 0) is 21.8 Å². The van der Waals surface area contributed by atoms with Crippen molar-refractivity contribution in [2.45, 2.75) is 52.6 Å².